The molecule has 11 heteroatoms. The summed E-state index contributed by atoms with van der Waals surface area (Å²) in [5.74, 6) is 0.290. The van der Waals surface area contributed by atoms with Crippen molar-refractivity contribution in [3.63, 3.8) is 0 Å². The summed E-state index contributed by atoms with van der Waals surface area (Å²) in [4.78, 5) is 57.3. The molecule has 0 unspecified atom stereocenters. The number of hydrogen-bond donors (Lipinski definition) is 1. The Morgan fingerprint density at radius 3 is 2.37 bits per heavy atom. The summed E-state index contributed by atoms with van der Waals surface area (Å²) in [7, 11) is 0. The lowest BCUT2D eigenvalue weighted by Gasteiger charge is -2.41. The molecule has 1 N–H and O–H groups in total. The van der Waals surface area contributed by atoms with Gasteiger partial charge in [0.2, 0.25) is 0 Å². The second-order valence-corrected chi connectivity index (χ2v) is 10.8. The second kappa shape index (κ2) is 11.3. The molecule has 3 amide bonds. The van der Waals surface area contributed by atoms with Crippen molar-refractivity contribution in [3.8, 4) is 16.9 Å². The lowest BCUT2D eigenvalue weighted by molar-refractivity contribution is -0.123. The predicted molar refractivity (Wildman–Crippen MR) is 159 cm³/mol. The highest BCUT2D eigenvalue weighted by atomic mass is 16.7. The number of rotatable bonds is 6. The number of benzene rings is 2. The van der Waals surface area contributed by atoms with Crippen LogP contribution in [-0.4, -0.2) is 61.7 Å². The SMILES string of the molecule is Cc1cc(OC(=O)O)ccc1-c1ccc(N2C(=O)N(c3cnccn3)C3(CCN(Cc4ncccc4C)CC3)C2=O)cc1. The van der Waals surface area contributed by atoms with E-state index in [4.69, 9.17) is 9.84 Å². The van der Waals surface area contributed by atoms with E-state index in [9.17, 15) is 14.4 Å². The Kier molecular flexibility index (Phi) is 7.32. The van der Waals surface area contributed by atoms with Gasteiger partial charge < -0.3 is 9.84 Å². The summed E-state index contributed by atoms with van der Waals surface area (Å²) in [6, 6.07) is 15.7. The van der Waals surface area contributed by atoms with E-state index >= 15 is 0 Å². The van der Waals surface area contributed by atoms with Crippen molar-refractivity contribution < 1.29 is 24.2 Å². The van der Waals surface area contributed by atoms with E-state index in [0.29, 0.717) is 44.0 Å². The van der Waals surface area contributed by atoms with Crippen molar-refractivity contribution in [2.24, 2.45) is 0 Å². The van der Waals surface area contributed by atoms with E-state index in [-0.39, 0.29) is 11.7 Å². The molecule has 2 fully saturated rings. The smallest absolute Gasteiger partial charge is 0.449 e. The van der Waals surface area contributed by atoms with Gasteiger partial charge in [0.15, 0.2) is 5.82 Å². The number of anilines is 2. The molecule has 4 aromatic rings. The highest BCUT2D eigenvalue weighted by Crippen LogP contribution is 2.42. The molecule has 0 bridgehead atoms. The van der Waals surface area contributed by atoms with Gasteiger partial charge in [-0.3, -0.25) is 24.6 Å². The number of carboxylic acid groups (broad SMARTS) is 1. The van der Waals surface area contributed by atoms with E-state index in [0.717, 1.165) is 27.9 Å². The molecule has 2 aromatic heterocycles. The maximum absolute atomic E-state index is 14.3. The molecule has 1 spiro atoms. The van der Waals surface area contributed by atoms with Gasteiger partial charge in [0.25, 0.3) is 5.91 Å². The fourth-order valence-corrected chi connectivity index (χ4v) is 5.95. The Hall–Kier alpha value is -5.16. The number of aromatic nitrogens is 3. The Labute approximate surface area is 248 Å². The van der Waals surface area contributed by atoms with E-state index in [1.54, 1.807) is 36.5 Å². The average molecular weight is 579 g/mol. The number of piperidine rings is 1. The zero-order valence-corrected chi connectivity index (χ0v) is 23.8. The van der Waals surface area contributed by atoms with E-state index < -0.39 is 17.7 Å². The molecule has 218 valence electrons. The van der Waals surface area contributed by atoms with Crippen LogP contribution >= 0.6 is 0 Å². The number of aryl methyl sites for hydroxylation is 2. The lowest BCUT2D eigenvalue weighted by Crippen LogP contribution is -2.57. The van der Waals surface area contributed by atoms with Gasteiger partial charge in [-0.1, -0.05) is 24.3 Å². The minimum Gasteiger partial charge on any atom is -0.449 e. The number of urea groups is 1. The van der Waals surface area contributed by atoms with Gasteiger partial charge in [-0.25, -0.2) is 19.5 Å². The molecule has 4 heterocycles. The Bertz CT molecular complexity index is 1690. The minimum atomic E-state index is -1.38. The van der Waals surface area contributed by atoms with Crippen LogP contribution in [0.1, 0.15) is 29.7 Å². The maximum Gasteiger partial charge on any atom is 0.511 e. The Balaban J connectivity index is 1.28. The fraction of sp³-hybridized carbons (Fsp3) is 0.250. The quantitative estimate of drug-likeness (QED) is 0.186. The summed E-state index contributed by atoms with van der Waals surface area (Å²) in [6.07, 6.45) is 5.87. The summed E-state index contributed by atoms with van der Waals surface area (Å²) in [5.41, 5.74) is 4.03. The molecule has 0 aliphatic carbocycles. The van der Waals surface area contributed by atoms with Crippen LogP contribution in [0.25, 0.3) is 11.1 Å². The highest BCUT2D eigenvalue weighted by Gasteiger charge is 2.59. The third kappa shape index (κ3) is 5.19. The first kappa shape index (κ1) is 28.0. The standard InChI is InChI=1S/C32H30N6O5/c1-21-4-3-13-34-27(21)20-36-16-11-32(12-17-36)29(39)37(30(40)38(32)28-19-33-14-15-35-28)24-7-5-23(6-8-24)26-10-9-25(18-22(26)2)43-31(41)42/h3-10,13-15,18-19H,11-12,16-17,20H2,1-2H3,(H,41,42). The number of nitrogens with zero attached hydrogens (tertiary/aromatic N) is 6. The highest BCUT2D eigenvalue weighted by molar-refractivity contribution is 6.30. The summed E-state index contributed by atoms with van der Waals surface area (Å²) < 4.78 is 4.75. The molecule has 43 heavy (non-hydrogen) atoms. The van der Waals surface area contributed by atoms with Crippen LogP contribution in [-0.2, 0) is 11.3 Å². The zero-order chi connectivity index (χ0) is 30.1. The van der Waals surface area contributed by atoms with Crippen molar-refractivity contribution in [2.75, 3.05) is 22.9 Å². The number of pyridine rings is 1. The predicted octanol–water partition coefficient (Wildman–Crippen LogP) is 5.22. The van der Waals surface area contributed by atoms with Crippen molar-refractivity contribution >= 4 is 29.6 Å². The molecule has 6 rings (SSSR count). The molecular weight excluding hydrogens is 548 g/mol. The third-order valence-electron chi connectivity index (χ3n) is 8.20. The number of amides is 3. The maximum atomic E-state index is 14.3. The number of likely N-dealkylation sites (tertiary alicyclic amines) is 1. The molecule has 11 nitrogen and oxygen atoms in total. The number of ether oxygens (including phenoxy) is 1. The number of hydrogen-bond acceptors (Lipinski definition) is 8. The van der Waals surface area contributed by atoms with Gasteiger partial charge in [0.05, 0.1) is 17.6 Å². The molecule has 0 atom stereocenters. The van der Waals surface area contributed by atoms with Crippen molar-refractivity contribution in [1.29, 1.82) is 0 Å². The van der Waals surface area contributed by atoms with E-state index in [1.165, 1.54) is 28.4 Å². The van der Waals surface area contributed by atoms with Crippen LogP contribution in [0.15, 0.2) is 79.4 Å². The Morgan fingerprint density at radius 2 is 1.72 bits per heavy atom. The number of imide groups is 1. The van der Waals surface area contributed by atoms with Crippen LogP contribution < -0.4 is 14.5 Å². The van der Waals surface area contributed by atoms with Crippen LogP contribution in [0.3, 0.4) is 0 Å². The first-order chi connectivity index (χ1) is 20.8. The van der Waals surface area contributed by atoms with Gasteiger partial charge in [-0.15, -0.1) is 0 Å². The first-order valence-electron chi connectivity index (χ1n) is 14.0. The minimum absolute atomic E-state index is 0.231. The molecule has 0 saturated carbocycles. The second-order valence-electron chi connectivity index (χ2n) is 10.8. The van der Waals surface area contributed by atoms with Gasteiger partial charge in [-0.2, -0.15) is 0 Å². The van der Waals surface area contributed by atoms with Crippen LogP contribution in [0.5, 0.6) is 5.75 Å². The van der Waals surface area contributed by atoms with Gasteiger partial charge in [0.1, 0.15) is 11.3 Å². The molecular formula is C32H30N6O5. The van der Waals surface area contributed by atoms with E-state index in [1.807, 2.05) is 38.1 Å². The molecule has 2 saturated heterocycles. The molecule has 2 aliphatic rings. The van der Waals surface area contributed by atoms with Crippen molar-refractivity contribution in [3.05, 3.63) is 96.2 Å². The average Bonchev–Trinajstić information content (AvgIpc) is 3.21. The monoisotopic (exact) mass is 578 g/mol. The van der Waals surface area contributed by atoms with E-state index in [2.05, 4.69) is 19.9 Å². The Morgan fingerprint density at radius 1 is 0.953 bits per heavy atom. The van der Waals surface area contributed by atoms with Crippen molar-refractivity contribution in [2.45, 2.75) is 38.8 Å². The summed E-state index contributed by atoms with van der Waals surface area (Å²) in [6.45, 7) is 5.79. The van der Waals surface area contributed by atoms with Gasteiger partial charge in [-0.05, 0) is 79.3 Å². The lowest BCUT2D eigenvalue weighted by atomic mass is 9.85. The largest absolute Gasteiger partial charge is 0.511 e. The van der Waals surface area contributed by atoms with Crippen LogP contribution in [0.2, 0.25) is 0 Å². The van der Waals surface area contributed by atoms with Gasteiger partial charge >= 0.3 is 12.2 Å². The summed E-state index contributed by atoms with van der Waals surface area (Å²) in [5, 5.41) is 8.89. The third-order valence-corrected chi connectivity index (χ3v) is 8.20. The topological polar surface area (TPSA) is 129 Å². The molecule has 2 aliphatic heterocycles. The number of carbonyl (C=O) groups is 3. The normalized spacial score (nSPS) is 16.6. The van der Waals surface area contributed by atoms with Crippen LogP contribution in [0.4, 0.5) is 21.1 Å². The van der Waals surface area contributed by atoms with Gasteiger partial charge in [0, 0.05) is 38.2 Å². The molecule has 2 aromatic carbocycles. The van der Waals surface area contributed by atoms with Crippen molar-refractivity contribution in [1.82, 2.24) is 19.9 Å². The zero-order valence-electron chi connectivity index (χ0n) is 23.8. The first-order valence-corrected chi connectivity index (χ1v) is 14.0. The fourth-order valence-electron chi connectivity index (χ4n) is 5.95. The molecule has 0 radical (unpaired) electrons. The van der Waals surface area contributed by atoms with Crippen LogP contribution in [0, 0.1) is 13.8 Å². The summed E-state index contributed by atoms with van der Waals surface area (Å²) >= 11 is 0. The number of carbonyl (C=O) groups excluding carboxylic acids is 2.